The van der Waals surface area contributed by atoms with Crippen molar-refractivity contribution < 1.29 is 19.4 Å². The molecule has 1 saturated carbocycles. The molecule has 1 fully saturated rings. The smallest absolute Gasteiger partial charge is 0.335 e. The quantitative estimate of drug-likeness (QED) is 0.859. The fraction of sp³-hybridized carbons (Fsp3) is 0.556. The zero-order valence-electron chi connectivity index (χ0n) is 13.5. The van der Waals surface area contributed by atoms with Crippen LogP contribution in [0.3, 0.4) is 0 Å². The molecule has 1 aliphatic carbocycles. The van der Waals surface area contributed by atoms with E-state index in [1.165, 1.54) is 0 Å². The summed E-state index contributed by atoms with van der Waals surface area (Å²) in [4.78, 5) is 23.8. The number of carbonyl (C=O) groups is 2. The zero-order chi connectivity index (χ0) is 16.4. The molecule has 22 heavy (non-hydrogen) atoms. The van der Waals surface area contributed by atoms with E-state index in [1.807, 2.05) is 20.8 Å². The first-order valence-electron chi connectivity index (χ1n) is 7.82. The summed E-state index contributed by atoms with van der Waals surface area (Å²) >= 11 is 0. The first-order valence-corrected chi connectivity index (χ1v) is 7.82. The molecule has 0 aromatic heterocycles. The summed E-state index contributed by atoms with van der Waals surface area (Å²) in [6, 6.07) is 6.66. The van der Waals surface area contributed by atoms with Gasteiger partial charge in [0.25, 0.3) is 0 Å². The molecule has 2 rings (SSSR count). The SMILES string of the molecule is CC(C)(C)OC(=O)C1(c2ccc(C(=O)O)cc2)CCCCC1. The lowest BCUT2D eigenvalue weighted by Crippen LogP contribution is -2.42. The summed E-state index contributed by atoms with van der Waals surface area (Å²) < 4.78 is 5.66. The number of rotatable bonds is 3. The van der Waals surface area contributed by atoms with Gasteiger partial charge in [-0.3, -0.25) is 4.79 Å². The molecular formula is C18H24O4. The highest BCUT2D eigenvalue weighted by Gasteiger charge is 2.43. The van der Waals surface area contributed by atoms with E-state index in [-0.39, 0.29) is 11.5 Å². The van der Waals surface area contributed by atoms with Crippen molar-refractivity contribution in [2.24, 2.45) is 0 Å². The number of carbonyl (C=O) groups excluding carboxylic acids is 1. The van der Waals surface area contributed by atoms with E-state index in [0.717, 1.165) is 37.7 Å². The van der Waals surface area contributed by atoms with Gasteiger partial charge in [-0.2, -0.15) is 0 Å². The van der Waals surface area contributed by atoms with Crippen LogP contribution < -0.4 is 0 Å². The molecule has 1 aromatic carbocycles. The number of esters is 1. The molecule has 0 spiro atoms. The van der Waals surface area contributed by atoms with Gasteiger partial charge in [0, 0.05) is 0 Å². The van der Waals surface area contributed by atoms with Gasteiger partial charge in [0.05, 0.1) is 11.0 Å². The Labute approximate surface area is 131 Å². The Morgan fingerprint density at radius 1 is 1.05 bits per heavy atom. The molecular weight excluding hydrogens is 280 g/mol. The minimum Gasteiger partial charge on any atom is -0.478 e. The summed E-state index contributed by atoms with van der Waals surface area (Å²) in [6.07, 6.45) is 4.61. The third-order valence-corrected chi connectivity index (χ3v) is 4.18. The summed E-state index contributed by atoms with van der Waals surface area (Å²) in [5, 5.41) is 9.02. The lowest BCUT2D eigenvalue weighted by atomic mass is 9.69. The van der Waals surface area contributed by atoms with Gasteiger partial charge in [0.1, 0.15) is 5.60 Å². The summed E-state index contributed by atoms with van der Waals surface area (Å²) in [7, 11) is 0. The number of hydrogen-bond acceptors (Lipinski definition) is 3. The molecule has 0 unspecified atom stereocenters. The standard InChI is InChI=1S/C18H24O4/c1-17(2,3)22-16(21)18(11-5-4-6-12-18)14-9-7-13(8-10-14)15(19)20/h7-10H,4-6,11-12H2,1-3H3,(H,19,20). The van der Waals surface area contributed by atoms with E-state index >= 15 is 0 Å². The maximum absolute atomic E-state index is 12.8. The third kappa shape index (κ3) is 3.49. The van der Waals surface area contributed by atoms with Crippen molar-refractivity contribution in [1.29, 1.82) is 0 Å². The molecule has 4 heteroatoms. The first-order chi connectivity index (χ1) is 10.2. The number of ether oxygens (including phenoxy) is 1. The topological polar surface area (TPSA) is 63.6 Å². The van der Waals surface area contributed by atoms with E-state index in [1.54, 1.807) is 24.3 Å². The number of hydrogen-bond donors (Lipinski definition) is 1. The Hall–Kier alpha value is -1.84. The minimum absolute atomic E-state index is 0.192. The van der Waals surface area contributed by atoms with Crippen molar-refractivity contribution >= 4 is 11.9 Å². The van der Waals surface area contributed by atoms with Crippen molar-refractivity contribution in [3.63, 3.8) is 0 Å². The normalized spacial score (nSPS) is 17.8. The fourth-order valence-corrected chi connectivity index (χ4v) is 3.07. The predicted octanol–water partition coefficient (Wildman–Crippen LogP) is 3.93. The number of benzene rings is 1. The second-order valence-electron chi connectivity index (χ2n) is 7.03. The molecule has 4 nitrogen and oxygen atoms in total. The van der Waals surface area contributed by atoms with Crippen molar-refractivity contribution in [1.82, 2.24) is 0 Å². The molecule has 1 N–H and O–H groups in total. The Kier molecular flexibility index (Phi) is 4.59. The van der Waals surface area contributed by atoms with Gasteiger partial charge in [0.15, 0.2) is 0 Å². The van der Waals surface area contributed by atoms with Crippen molar-refractivity contribution in [3.8, 4) is 0 Å². The van der Waals surface area contributed by atoms with Gasteiger partial charge in [-0.1, -0.05) is 31.4 Å². The van der Waals surface area contributed by atoms with Crippen LogP contribution in [0.4, 0.5) is 0 Å². The van der Waals surface area contributed by atoms with E-state index < -0.39 is 17.0 Å². The molecule has 0 bridgehead atoms. The lowest BCUT2D eigenvalue weighted by molar-refractivity contribution is -0.163. The number of carboxylic acid groups (broad SMARTS) is 1. The number of carboxylic acids is 1. The van der Waals surface area contributed by atoms with Crippen LogP contribution in [0, 0.1) is 0 Å². The van der Waals surface area contributed by atoms with Crippen LogP contribution in [-0.2, 0) is 14.9 Å². The second-order valence-corrected chi connectivity index (χ2v) is 7.03. The average molecular weight is 304 g/mol. The van der Waals surface area contributed by atoms with Gasteiger partial charge in [-0.15, -0.1) is 0 Å². The maximum Gasteiger partial charge on any atom is 0.335 e. The molecule has 0 amide bonds. The molecule has 0 aliphatic heterocycles. The highest BCUT2D eigenvalue weighted by Crippen LogP contribution is 2.41. The summed E-state index contributed by atoms with van der Waals surface area (Å²) in [6.45, 7) is 5.61. The van der Waals surface area contributed by atoms with E-state index in [0.29, 0.717) is 0 Å². The van der Waals surface area contributed by atoms with E-state index in [4.69, 9.17) is 9.84 Å². The van der Waals surface area contributed by atoms with Gasteiger partial charge in [-0.25, -0.2) is 4.79 Å². The minimum atomic E-state index is -0.957. The van der Waals surface area contributed by atoms with Gasteiger partial charge in [0.2, 0.25) is 0 Å². The van der Waals surface area contributed by atoms with Crippen LogP contribution in [0.15, 0.2) is 24.3 Å². The third-order valence-electron chi connectivity index (χ3n) is 4.18. The maximum atomic E-state index is 12.8. The largest absolute Gasteiger partial charge is 0.478 e. The average Bonchev–Trinajstić information content (AvgIpc) is 2.46. The highest BCUT2D eigenvalue weighted by molar-refractivity contribution is 5.88. The molecule has 0 radical (unpaired) electrons. The van der Waals surface area contributed by atoms with Crippen LogP contribution in [0.5, 0.6) is 0 Å². The predicted molar refractivity (Wildman–Crippen MR) is 84.0 cm³/mol. The van der Waals surface area contributed by atoms with Crippen LogP contribution >= 0.6 is 0 Å². The Bertz CT molecular complexity index is 545. The van der Waals surface area contributed by atoms with Crippen molar-refractivity contribution in [2.45, 2.75) is 63.9 Å². The van der Waals surface area contributed by atoms with Crippen LogP contribution in [0.1, 0.15) is 68.8 Å². The first kappa shape index (κ1) is 16.5. The van der Waals surface area contributed by atoms with Gasteiger partial charge in [-0.05, 0) is 51.3 Å². The highest BCUT2D eigenvalue weighted by atomic mass is 16.6. The molecule has 1 aromatic rings. The summed E-state index contributed by atoms with van der Waals surface area (Å²) in [5.41, 5.74) is -0.0594. The molecule has 0 saturated heterocycles. The lowest BCUT2D eigenvalue weighted by Gasteiger charge is -2.37. The van der Waals surface area contributed by atoms with Crippen LogP contribution in [0.25, 0.3) is 0 Å². The van der Waals surface area contributed by atoms with Crippen molar-refractivity contribution in [2.75, 3.05) is 0 Å². The van der Waals surface area contributed by atoms with E-state index in [9.17, 15) is 9.59 Å². The number of aromatic carboxylic acids is 1. The molecule has 0 atom stereocenters. The Morgan fingerprint density at radius 2 is 1.59 bits per heavy atom. The molecule has 1 aliphatic rings. The summed E-state index contributed by atoms with van der Waals surface area (Å²) in [5.74, 6) is -1.15. The Balaban J connectivity index is 2.36. The van der Waals surface area contributed by atoms with Gasteiger partial charge >= 0.3 is 11.9 Å². The van der Waals surface area contributed by atoms with Crippen molar-refractivity contribution in [3.05, 3.63) is 35.4 Å². The van der Waals surface area contributed by atoms with E-state index in [2.05, 4.69) is 0 Å². The fourth-order valence-electron chi connectivity index (χ4n) is 3.07. The van der Waals surface area contributed by atoms with Gasteiger partial charge < -0.3 is 9.84 Å². The zero-order valence-corrected chi connectivity index (χ0v) is 13.5. The Morgan fingerprint density at radius 3 is 2.05 bits per heavy atom. The van der Waals surface area contributed by atoms with Crippen LogP contribution in [0.2, 0.25) is 0 Å². The second kappa shape index (κ2) is 6.11. The molecule has 0 heterocycles. The molecule has 120 valence electrons. The van der Waals surface area contributed by atoms with Crippen LogP contribution in [-0.4, -0.2) is 22.6 Å². The monoisotopic (exact) mass is 304 g/mol.